The minimum absolute atomic E-state index is 0.0385. The molecule has 0 aliphatic carbocycles. The molecule has 0 bridgehead atoms. The van der Waals surface area contributed by atoms with Crippen molar-refractivity contribution in [2.24, 2.45) is 0 Å². The Morgan fingerprint density at radius 3 is 2.35 bits per heavy atom. The molecule has 0 radical (unpaired) electrons. The van der Waals surface area contributed by atoms with E-state index in [0.717, 1.165) is 22.6 Å². The zero-order valence-corrected chi connectivity index (χ0v) is 13.7. The molecule has 2 aromatic carbocycles. The zero-order chi connectivity index (χ0) is 18.1. The molecule has 0 spiro atoms. The summed E-state index contributed by atoms with van der Waals surface area (Å²) in [5.41, 5.74) is 2.41. The van der Waals surface area contributed by atoms with Crippen molar-refractivity contribution in [3.05, 3.63) is 70.9 Å². The van der Waals surface area contributed by atoms with E-state index in [9.17, 15) is 10.1 Å². The number of nitro groups is 1. The van der Waals surface area contributed by atoms with Gasteiger partial charge in [0.05, 0.1) is 17.7 Å². The third-order valence-electron chi connectivity index (χ3n) is 3.96. The molecular formula is C18H13N5O3. The molecule has 4 rings (SSSR count). The van der Waals surface area contributed by atoms with E-state index in [1.807, 2.05) is 24.3 Å². The van der Waals surface area contributed by atoms with Crippen LogP contribution in [0, 0.1) is 10.1 Å². The molecule has 2 aromatic heterocycles. The number of aromatic nitrogens is 4. The maximum Gasteiger partial charge on any atom is 0.269 e. The van der Waals surface area contributed by atoms with E-state index in [1.165, 1.54) is 12.1 Å². The first-order valence-electron chi connectivity index (χ1n) is 7.77. The van der Waals surface area contributed by atoms with Crippen LogP contribution in [0.15, 0.2) is 60.8 Å². The summed E-state index contributed by atoms with van der Waals surface area (Å²) in [7, 11) is 1.61. The van der Waals surface area contributed by atoms with E-state index in [1.54, 1.807) is 36.0 Å². The summed E-state index contributed by atoms with van der Waals surface area (Å²) in [4.78, 5) is 19.1. The highest BCUT2D eigenvalue weighted by molar-refractivity contribution is 5.65. The van der Waals surface area contributed by atoms with Gasteiger partial charge in [-0.3, -0.25) is 10.1 Å². The summed E-state index contributed by atoms with van der Waals surface area (Å²) in [6.45, 7) is 0. The van der Waals surface area contributed by atoms with Gasteiger partial charge < -0.3 is 4.74 Å². The Hall–Kier alpha value is -3.81. The van der Waals surface area contributed by atoms with E-state index in [4.69, 9.17) is 4.74 Å². The highest BCUT2D eigenvalue weighted by Crippen LogP contribution is 2.24. The molecule has 128 valence electrons. The second-order valence-electron chi connectivity index (χ2n) is 5.51. The molecule has 0 aliphatic rings. The van der Waals surface area contributed by atoms with Gasteiger partial charge in [-0.15, -0.1) is 5.10 Å². The molecule has 0 aliphatic heterocycles. The average molecular weight is 347 g/mol. The van der Waals surface area contributed by atoms with Crippen molar-refractivity contribution >= 4 is 11.5 Å². The normalized spacial score (nSPS) is 10.8. The molecule has 26 heavy (non-hydrogen) atoms. The van der Waals surface area contributed by atoms with Crippen LogP contribution in [0.1, 0.15) is 0 Å². The van der Waals surface area contributed by atoms with Gasteiger partial charge in [-0.1, -0.05) is 0 Å². The fraction of sp³-hybridized carbons (Fsp3) is 0.0556. The Labute approximate surface area is 147 Å². The monoisotopic (exact) mass is 347 g/mol. The molecule has 0 saturated heterocycles. The fourth-order valence-corrected chi connectivity index (χ4v) is 2.63. The third kappa shape index (κ3) is 2.73. The lowest BCUT2D eigenvalue weighted by molar-refractivity contribution is -0.384. The van der Waals surface area contributed by atoms with E-state index < -0.39 is 4.92 Å². The molecule has 2 heterocycles. The second kappa shape index (κ2) is 6.25. The highest BCUT2D eigenvalue weighted by Gasteiger charge is 2.12. The van der Waals surface area contributed by atoms with Gasteiger partial charge in [0.25, 0.3) is 11.5 Å². The Bertz CT molecular complexity index is 1090. The third-order valence-corrected chi connectivity index (χ3v) is 3.96. The van der Waals surface area contributed by atoms with Gasteiger partial charge in [-0.05, 0) is 42.5 Å². The number of nitrogens with zero attached hydrogens (tertiary/aromatic N) is 5. The van der Waals surface area contributed by atoms with Crippen molar-refractivity contribution in [2.45, 2.75) is 0 Å². The summed E-state index contributed by atoms with van der Waals surface area (Å²) in [5, 5.41) is 15.4. The molecule has 4 aromatic rings. The fourth-order valence-electron chi connectivity index (χ4n) is 2.63. The average Bonchev–Trinajstić information content (AvgIpc) is 3.12. The number of rotatable bonds is 4. The number of fused-ring (bicyclic) bond motifs is 1. The van der Waals surface area contributed by atoms with Gasteiger partial charge in [0, 0.05) is 29.5 Å². The Balaban J connectivity index is 1.79. The van der Waals surface area contributed by atoms with Crippen molar-refractivity contribution in [1.29, 1.82) is 0 Å². The SMILES string of the molecule is COc1ccc(-c2nc3nccc(-c4ccc([N+](=O)[O-])cc4)n3n2)cc1. The Morgan fingerprint density at radius 2 is 1.69 bits per heavy atom. The van der Waals surface area contributed by atoms with Crippen molar-refractivity contribution in [1.82, 2.24) is 19.6 Å². The predicted molar refractivity (Wildman–Crippen MR) is 94.9 cm³/mol. The van der Waals surface area contributed by atoms with Crippen LogP contribution in [0.4, 0.5) is 5.69 Å². The van der Waals surface area contributed by atoms with E-state index >= 15 is 0 Å². The number of non-ortho nitro benzene ring substituents is 1. The van der Waals surface area contributed by atoms with Gasteiger partial charge in [-0.25, -0.2) is 4.98 Å². The van der Waals surface area contributed by atoms with Gasteiger partial charge in [-0.2, -0.15) is 9.50 Å². The number of benzene rings is 2. The first-order chi connectivity index (χ1) is 12.7. The molecule has 8 nitrogen and oxygen atoms in total. The Morgan fingerprint density at radius 1 is 1.00 bits per heavy atom. The van der Waals surface area contributed by atoms with Gasteiger partial charge in [0.15, 0.2) is 5.82 Å². The molecule has 0 fully saturated rings. The minimum Gasteiger partial charge on any atom is -0.497 e. The van der Waals surface area contributed by atoms with Crippen LogP contribution >= 0.6 is 0 Å². The summed E-state index contributed by atoms with van der Waals surface area (Å²) in [5.74, 6) is 1.74. The number of hydrogen-bond donors (Lipinski definition) is 0. The highest BCUT2D eigenvalue weighted by atomic mass is 16.6. The lowest BCUT2D eigenvalue weighted by atomic mass is 10.1. The molecule has 0 amide bonds. The number of methoxy groups -OCH3 is 1. The van der Waals surface area contributed by atoms with Crippen LogP contribution in [0.5, 0.6) is 5.75 Å². The second-order valence-corrected chi connectivity index (χ2v) is 5.51. The maximum absolute atomic E-state index is 10.8. The first-order valence-corrected chi connectivity index (χ1v) is 7.77. The van der Waals surface area contributed by atoms with E-state index in [2.05, 4.69) is 15.1 Å². The summed E-state index contributed by atoms with van der Waals surface area (Å²) in [6.07, 6.45) is 1.64. The predicted octanol–water partition coefficient (Wildman–Crippen LogP) is 3.38. The van der Waals surface area contributed by atoms with Crippen LogP contribution < -0.4 is 4.74 Å². The minimum atomic E-state index is -0.427. The Kier molecular flexibility index (Phi) is 3.77. The number of nitro benzene ring substituents is 1. The van der Waals surface area contributed by atoms with Crippen LogP contribution in [-0.4, -0.2) is 31.6 Å². The lowest BCUT2D eigenvalue weighted by Crippen LogP contribution is -1.96. The largest absolute Gasteiger partial charge is 0.497 e. The topological polar surface area (TPSA) is 95.5 Å². The zero-order valence-electron chi connectivity index (χ0n) is 13.7. The van der Waals surface area contributed by atoms with Crippen molar-refractivity contribution < 1.29 is 9.66 Å². The van der Waals surface area contributed by atoms with Crippen molar-refractivity contribution in [3.63, 3.8) is 0 Å². The summed E-state index contributed by atoms with van der Waals surface area (Å²) >= 11 is 0. The van der Waals surface area contributed by atoms with Crippen molar-refractivity contribution in [2.75, 3.05) is 7.11 Å². The number of hydrogen-bond acceptors (Lipinski definition) is 6. The van der Waals surface area contributed by atoms with Gasteiger partial charge >= 0.3 is 0 Å². The maximum atomic E-state index is 10.8. The van der Waals surface area contributed by atoms with Crippen LogP contribution in [0.2, 0.25) is 0 Å². The molecule has 0 N–H and O–H groups in total. The quantitative estimate of drug-likeness (QED) is 0.415. The summed E-state index contributed by atoms with van der Waals surface area (Å²) in [6, 6.07) is 15.5. The van der Waals surface area contributed by atoms with E-state index in [0.29, 0.717) is 11.6 Å². The molecule has 8 heteroatoms. The smallest absolute Gasteiger partial charge is 0.269 e. The van der Waals surface area contributed by atoms with E-state index in [-0.39, 0.29) is 5.69 Å². The van der Waals surface area contributed by atoms with Gasteiger partial charge in [0.2, 0.25) is 0 Å². The standard InChI is InChI=1S/C18H13N5O3/c1-26-15-8-4-13(5-9-15)17-20-18-19-11-10-16(22(18)21-17)12-2-6-14(7-3-12)23(24)25/h2-11H,1H3. The molecule has 0 saturated carbocycles. The molecule has 0 unspecified atom stereocenters. The first kappa shape index (κ1) is 15.7. The van der Waals surface area contributed by atoms with Gasteiger partial charge in [0.1, 0.15) is 5.75 Å². The van der Waals surface area contributed by atoms with Crippen LogP contribution in [-0.2, 0) is 0 Å². The molecule has 0 atom stereocenters. The number of ether oxygens (including phenoxy) is 1. The van der Waals surface area contributed by atoms with Crippen LogP contribution in [0.3, 0.4) is 0 Å². The molecular weight excluding hydrogens is 334 g/mol. The van der Waals surface area contributed by atoms with Crippen molar-refractivity contribution in [3.8, 4) is 28.4 Å². The summed E-state index contributed by atoms with van der Waals surface area (Å²) < 4.78 is 6.79. The van der Waals surface area contributed by atoms with Crippen LogP contribution in [0.25, 0.3) is 28.4 Å². The lowest BCUT2D eigenvalue weighted by Gasteiger charge is -2.03.